The highest BCUT2D eigenvalue weighted by Gasteiger charge is 2.46. The molecule has 39 heavy (non-hydrogen) atoms. The van der Waals surface area contributed by atoms with Crippen molar-refractivity contribution in [2.45, 2.75) is 52.3 Å². The van der Waals surface area contributed by atoms with E-state index >= 15 is 0 Å². The second-order valence-corrected chi connectivity index (χ2v) is 9.73. The summed E-state index contributed by atoms with van der Waals surface area (Å²) < 4.78 is 17.5. The predicted molar refractivity (Wildman–Crippen MR) is 146 cm³/mol. The summed E-state index contributed by atoms with van der Waals surface area (Å²) in [5.41, 5.74) is 2.89. The average molecular weight is 529 g/mol. The molecule has 1 N–H and O–H groups in total. The molecule has 2 unspecified atom stereocenters. The maximum absolute atomic E-state index is 13.5. The third-order valence-electron chi connectivity index (χ3n) is 6.86. The summed E-state index contributed by atoms with van der Waals surface area (Å²) in [6.07, 6.45) is 4.86. The Morgan fingerprint density at radius 3 is 2.59 bits per heavy atom. The standard InChI is InChI=1S/C31H32N2O6/c1-4-14-38-25-9-6-21(17-26(25)37-5-2)28-27(29(34)22-7-8-24-23(16-22)15-19(3)39-24)30(35)31(36)33(28)18-20-10-12-32-13-11-20/h6-13,16-17,19,28,34H,4-5,14-15,18H2,1-3H3/b29-27-. The van der Waals surface area contributed by atoms with Gasteiger partial charge in [0, 0.05) is 30.9 Å². The number of aliphatic hydroxyl groups is 1. The van der Waals surface area contributed by atoms with Crippen LogP contribution in [-0.4, -0.2) is 46.0 Å². The van der Waals surface area contributed by atoms with Crippen molar-refractivity contribution in [1.29, 1.82) is 0 Å². The number of hydrogen-bond acceptors (Lipinski definition) is 7. The van der Waals surface area contributed by atoms with E-state index in [2.05, 4.69) is 4.98 Å². The van der Waals surface area contributed by atoms with Gasteiger partial charge in [0.05, 0.1) is 24.8 Å². The quantitative estimate of drug-likeness (QED) is 0.231. The van der Waals surface area contributed by atoms with Gasteiger partial charge < -0.3 is 24.2 Å². The van der Waals surface area contributed by atoms with Crippen LogP contribution in [0.3, 0.4) is 0 Å². The van der Waals surface area contributed by atoms with Crippen LogP contribution in [0.5, 0.6) is 17.2 Å². The van der Waals surface area contributed by atoms with Gasteiger partial charge in [0.1, 0.15) is 17.6 Å². The summed E-state index contributed by atoms with van der Waals surface area (Å²) in [6, 6.07) is 13.5. The van der Waals surface area contributed by atoms with Gasteiger partial charge >= 0.3 is 0 Å². The van der Waals surface area contributed by atoms with Gasteiger partial charge in [-0.25, -0.2) is 0 Å². The van der Waals surface area contributed by atoms with Gasteiger partial charge in [0.2, 0.25) is 0 Å². The van der Waals surface area contributed by atoms with Crippen LogP contribution in [0.2, 0.25) is 0 Å². The number of amides is 1. The highest BCUT2D eigenvalue weighted by molar-refractivity contribution is 6.46. The van der Waals surface area contributed by atoms with Crippen LogP contribution >= 0.6 is 0 Å². The fourth-order valence-electron chi connectivity index (χ4n) is 5.09. The monoisotopic (exact) mass is 528 g/mol. The molecule has 2 aliphatic heterocycles. The molecule has 3 heterocycles. The van der Waals surface area contributed by atoms with Crippen molar-refractivity contribution in [1.82, 2.24) is 9.88 Å². The molecule has 0 saturated carbocycles. The maximum atomic E-state index is 13.5. The summed E-state index contributed by atoms with van der Waals surface area (Å²) in [7, 11) is 0. The maximum Gasteiger partial charge on any atom is 0.295 e. The van der Waals surface area contributed by atoms with Crippen molar-refractivity contribution in [3.63, 3.8) is 0 Å². The number of aromatic nitrogens is 1. The molecule has 1 amide bonds. The minimum Gasteiger partial charge on any atom is -0.507 e. The molecule has 3 aromatic rings. The summed E-state index contributed by atoms with van der Waals surface area (Å²) in [5.74, 6) is 0.226. The van der Waals surface area contributed by atoms with Crippen molar-refractivity contribution in [3.8, 4) is 17.2 Å². The first kappa shape index (κ1) is 26.3. The van der Waals surface area contributed by atoms with Crippen molar-refractivity contribution >= 4 is 17.4 Å². The highest BCUT2D eigenvalue weighted by Crippen LogP contribution is 2.43. The van der Waals surface area contributed by atoms with Gasteiger partial charge in [0.25, 0.3) is 11.7 Å². The molecule has 8 nitrogen and oxygen atoms in total. The van der Waals surface area contributed by atoms with E-state index in [9.17, 15) is 14.7 Å². The normalized spacial score (nSPS) is 19.6. The first-order valence-corrected chi connectivity index (χ1v) is 13.3. The van der Waals surface area contributed by atoms with E-state index in [1.54, 1.807) is 48.8 Å². The lowest BCUT2D eigenvalue weighted by Crippen LogP contribution is -2.29. The summed E-state index contributed by atoms with van der Waals surface area (Å²) in [6.45, 7) is 6.99. The predicted octanol–water partition coefficient (Wildman–Crippen LogP) is 5.21. The number of fused-ring (bicyclic) bond motifs is 1. The Morgan fingerprint density at radius 1 is 1.05 bits per heavy atom. The number of rotatable bonds is 9. The van der Waals surface area contributed by atoms with Gasteiger partial charge in [-0.3, -0.25) is 14.6 Å². The smallest absolute Gasteiger partial charge is 0.295 e. The molecule has 0 spiro atoms. The lowest BCUT2D eigenvalue weighted by Gasteiger charge is -2.26. The summed E-state index contributed by atoms with van der Waals surface area (Å²) >= 11 is 0. The average Bonchev–Trinajstić information content (AvgIpc) is 3.43. The van der Waals surface area contributed by atoms with E-state index in [4.69, 9.17) is 14.2 Å². The number of likely N-dealkylation sites (tertiary alicyclic amines) is 1. The Bertz CT molecular complexity index is 1420. The lowest BCUT2D eigenvalue weighted by atomic mass is 9.94. The molecular weight excluding hydrogens is 496 g/mol. The molecule has 1 saturated heterocycles. The fourth-order valence-corrected chi connectivity index (χ4v) is 5.09. The number of hydrogen-bond donors (Lipinski definition) is 1. The number of ketones is 1. The number of carbonyl (C=O) groups is 2. The van der Waals surface area contributed by atoms with Gasteiger partial charge in [-0.15, -0.1) is 0 Å². The molecule has 2 atom stereocenters. The Labute approximate surface area is 227 Å². The fraction of sp³-hybridized carbons (Fsp3) is 0.323. The molecule has 5 rings (SSSR count). The topological polar surface area (TPSA) is 98.2 Å². The molecule has 0 radical (unpaired) electrons. The van der Waals surface area contributed by atoms with E-state index in [0.29, 0.717) is 42.3 Å². The van der Waals surface area contributed by atoms with E-state index in [-0.39, 0.29) is 24.0 Å². The number of ether oxygens (including phenoxy) is 3. The first-order chi connectivity index (χ1) is 18.9. The second-order valence-electron chi connectivity index (χ2n) is 9.73. The Kier molecular flexibility index (Phi) is 7.54. The first-order valence-electron chi connectivity index (χ1n) is 13.3. The lowest BCUT2D eigenvalue weighted by molar-refractivity contribution is -0.140. The van der Waals surface area contributed by atoms with E-state index in [0.717, 1.165) is 23.3 Å². The minimum atomic E-state index is -0.832. The van der Waals surface area contributed by atoms with Crippen molar-refractivity contribution in [2.75, 3.05) is 13.2 Å². The van der Waals surface area contributed by atoms with Crippen LogP contribution in [0.1, 0.15) is 55.5 Å². The SMILES string of the molecule is CCCOc1ccc(C2/C(=C(/O)c3ccc4c(c3)CC(C)O4)C(=O)C(=O)N2Cc2ccncc2)cc1OCC. The number of carbonyl (C=O) groups excluding carboxylic acids is 2. The molecule has 202 valence electrons. The Balaban J connectivity index is 1.63. The minimum absolute atomic E-state index is 0.0330. The van der Waals surface area contributed by atoms with E-state index in [1.165, 1.54) is 4.90 Å². The number of Topliss-reactive ketones (excluding diaryl/α,β-unsaturated/α-hetero) is 1. The zero-order chi connectivity index (χ0) is 27.5. The number of pyridine rings is 1. The van der Waals surface area contributed by atoms with Gasteiger partial charge in [-0.2, -0.15) is 0 Å². The van der Waals surface area contributed by atoms with Crippen LogP contribution in [0, 0.1) is 0 Å². The van der Waals surface area contributed by atoms with Crippen LogP contribution in [0.4, 0.5) is 0 Å². The summed E-state index contributed by atoms with van der Waals surface area (Å²) in [4.78, 5) is 32.5. The van der Waals surface area contributed by atoms with Gasteiger partial charge in [-0.05, 0) is 79.4 Å². The van der Waals surface area contributed by atoms with Crippen molar-refractivity contribution in [3.05, 3.63) is 88.8 Å². The molecule has 2 aromatic carbocycles. The number of benzene rings is 2. The van der Waals surface area contributed by atoms with Crippen LogP contribution in [0.15, 0.2) is 66.5 Å². The molecule has 2 aliphatic rings. The third kappa shape index (κ3) is 5.19. The number of nitrogens with zero attached hydrogens (tertiary/aromatic N) is 2. The molecule has 1 aromatic heterocycles. The molecule has 8 heteroatoms. The molecular formula is C31H32N2O6. The van der Waals surface area contributed by atoms with Crippen molar-refractivity contribution in [2.24, 2.45) is 0 Å². The van der Waals surface area contributed by atoms with Crippen LogP contribution in [0.25, 0.3) is 5.76 Å². The number of aliphatic hydroxyl groups excluding tert-OH is 1. The second kappa shape index (κ2) is 11.2. The third-order valence-corrected chi connectivity index (χ3v) is 6.86. The zero-order valence-corrected chi connectivity index (χ0v) is 22.3. The summed E-state index contributed by atoms with van der Waals surface area (Å²) in [5, 5.41) is 11.5. The van der Waals surface area contributed by atoms with Crippen LogP contribution < -0.4 is 14.2 Å². The Hall–Kier alpha value is -4.33. The molecule has 0 bridgehead atoms. The Morgan fingerprint density at radius 2 is 1.85 bits per heavy atom. The van der Waals surface area contributed by atoms with E-state index in [1.807, 2.05) is 32.9 Å². The largest absolute Gasteiger partial charge is 0.507 e. The molecule has 1 fully saturated rings. The van der Waals surface area contributed by atoms with Gasteiger partial charge in [-0.1, -0.05) is 13.0 Å². The zero-order valence-electron chi connectivity index (χ0n) is 22.3. The van der Waals surface area contributed by atoms with E-state index < -0.39 is 17.7 Å². The van der Waals surface area contributed by atoms with Crippen molar-refractivity contribution < 1.29 is 28.9 Å². The molecule has 0 aliphatic carbocycles. The van der Waals surface area contributed by atoms with Gasteiger partial charge in [0.15, 0.2) is 11.5 Å². The van der Waals surface area contributed by atoms with Crippen LogP contribution in [-0.2, 0) is 22.6 Å². The highest BCUT2D eigenvalue weighted by atomic mass is 16.5.